The second-order valence-electron chi connectivity index (χ2n) is 6.75. The van der Waals surface area contributed by atoms with Gasteiger partial charge in [-0.3, -0.25) is 9.48 Å². The molecule has 0 saturated carbocycles. The van der Waals surface area contributed by atoms with Gasteiger partial charge in [-0.1, -0.05) is 30.3 Å². The van der Waals surface area contributed by atoms with Crippen molar-refractivity contribution >= 4 is 5.91 Å². The van der Waals surface area contributed by atoms with Gasteiger partial charge in [0, 0.05) is 18.7 Å². The number of rotatable bonds is 5. The van der Waals surface area contributed by atoms with Gasteiger partial charge in [0.05, 0.1) is 25.0 Å². The van der Waals surface area contributed by atoms with E-state index in [-0.39, 0.29) is 12.5 Å². The number of hydrogen-bond donors (Lipinski definition) is 0. The zero-order valence-electron chi connectivity index (χ0n) is 15.9. The van der Waals surface area contributed by atoms with Crippen LogP contribution in [0.3, 0.4) is 0 Å². The van der Waals surface area contributed by atoms with Crippen molar-refractivity contribution in [3.63, 3.8) is 0 Å². The molecule has 3 aromatic rings. The molecule has 28 heavy (non-hydrogen) atoms. The number of methoxy groups -OCH3 is 1. The van der Waals surface area contributed by atoms with Crippen molar-refractivity contribution < 1.29 is 14.3 Å². The highest BCUT2D eigenvalue weighted by Crippen LogP contribution is 2.25. The van der Waals surface area contributed by atoms with Crippen molar-refractivity contribution in [2.24, 2.45) is 0 Å². The Kier molecular flexibility index (Phi) is 5.28. The van der Waals surface area contributed by atoms with E-state index in [2.05, 4.69) is 6.07 Å². The van der Waals surface area contributed by atoms with Crippen LogP contribution in [0.4, 0.5) is 0 Å². The lowest BCUT2D eigenvalue weighted by Crippen LogP contribution is -2.34. The molecule has 2 heterocycles. The van der Waals surface area contributed by atoms with E-state index in [9.17, 15) is 4.79 Å². The van der Waals surface area contributed by atoms with Crippen LogP contribution in [0.25, 0.3) is 11.3 Å². The second kappa shape index (κ2) is 8.17. The van der Waals surface area contributed by atoms with E-state index in [0.29, 0.717) is 18.8 Å². The minimum Gasteiger partial charge on any atom is -0.497 e. The summed E-state index contributed by atoms with van der Waals surface area (Å²) >= 11 is 0. The topological polar surface area (TPSA) is 56.6 Å². The van der Waals surface area contributed by atoms with Crippen LogP contribution in [-0.2, 0) is 17.9 Å². The van der Waals surface area contributed by atoms with Crippen LogP contribution in [0.2, 0.25) is 0 Å². The van der Waals surface area contributed by atoms with E-state index >= 15 is 0 Å². The summed E-state index contributed by atoms with van der Waals surface area (Å²) in [5.74, 6) is 1.49. The van der Waals surface area contributed by atoms with Crippen LogP contribution >= 0.6 is 0 Å². The van der Waals surface area contributed by atoms with E-state index in [4.69, 9.17) is 14.6 Å². The van der Waals surface area contributed by atoms with Crippen molar-refractivity contribution in [1.82, 2.24) is 14.7 Å². The minimum absolute atomic E-state index is 0.0126. The van der Waals surface area contributed by atoms with E-state index < -0.39 is 0 Å². The van der Waals surface area contributed by atoms with Crippen LogP contribution < -0.4 is 9.47 Å². The molecule has 4 rings (SSSR count). The molecule has 6 nitrogen and oxygen atoms in total. The van der Waals surface area contributed by atoms with Crippen molar-refractivity contribution in [1.29, 1.82) is 0 Å². The summed E-state index contributed by atoms with van der Waals surface area (Å²) < 4.78 is 12.9. The number of aromatic nitrogens is 2. The van der Waals surface area contributed by atoms with Gasteiger partial charge >= 0.3 is 0 Å². The number of benzene rings is 2. The first kappa shape index (κ1) is 18.1. The Balaban J connectivity index is 1.47. The molecule has 0 aliphatic carbocycles. The minimum atomic E-state index is -0.0126. The predicted octanol–water partition coefficient (Wildman–Crippen LogP) is 3.37. The van der Waals surface area contributed by atoms with Crippen molar-refractivity contribution in [3.05, 3.63) is 66.4 Å². The molecule has 0 spiro atoms. The van der Waals surface area contributed by atoms with Gasteiger partial charge in [-0.2, -0.15) is 5.10 Å². The Labute approximate surface area is 164 Å². The van der Waals surface area contributed by atoms with Crippen molar-refractivity contribution in [3.8, 4) is 22.8 Å². The summed E-state index contributed by atoms with van der Waals surface area (Å²) in [5.41, 5.74) is 2.93. The lowest BCUT2D eigenvalue weighted by Gasteiger charge is -2.20. The fraction of sp³-hybridized carbons (Fsp3) is 0.273. The summed E-state index contributed by atoms with van der Waals surface area (Å²) in [7, 11) is 1.66. The van der Waals surface area contributed by atoms with E-state index in [1.165, 1.54) is 0 Å². The fourth-order valence-corrected chi connectivity index (χ4v) is 3.35. The van der Waals surface area contributed by atoms with E-state index in [1.54, 1.807) is 7.11 Å². The summed E-state index contributed by atoms with van der Waals surface area (Å²) in [6.07, 6.45) is 0.864. The van der Waals surface area contributed by atoms with Gasteiger partial charge in [-0.05, 0) is 36.8 Å². The molecule has 2 aromatic carbocycles. The molecule has 0 N–H and O–H groups in total. The lowest BCUT2D eigenvalue weighted by atomic mass is 10.1. The van der Waals surface area contributed by atoms with Crippen LogP contribution in [0.15, 0.2) is 60.7 Å². The summed E-state index contributed by atoms with van der Waals surface area (Å²) in [6, 6.07) is 19.3. The van der Waals surface area contributed by atoms with Crippen LogP contribution in [0.1, 0.15) is 12.1 Å². The Morgan fingerprint density at radius 3 is 2.68 bits per heavy atom. The van der Waals surface area contributed by atoms with Crippen molar-refractivity contribution in [2.75, 3.05) is 20.3 Å². The number of ether oxygens (including phenoxy) is 2. The number of hydrogen-bond acceptors (Lipinski definition) is 4. The zero-order valence-corrected chi connectivity index (χ0v) is 15.9. The maximum absolute atomic E-state index is 12.6. The van der Waals surface area contributed by atoms with Gasteiger partial charge in [0.15, 0.2) is 6.61 Å². The standard InChI is InChI=1S/C22H23N3O3/c1-27-20-10-5-7-17(13-20)21-14-18-15-24(11-6-12-25(18)23-21)22(26)16-28-19-8-3-2-4-9-19/h2-5,7-10,13-14H,6,11-12,15-16H2,1H3. The van der Waals surface area contributed by atoms with E-state index in [1.807, 2.05) is 64.2 Å². The van der Waals surface area contributed by atoms with Gasteiger partial charge in [-0.15, -0.1) is 0 Å². The average molecular weight is 377 g/mol. The largest absolute Gasteiger partial charge is 0.497 e. The molecule has 144 valence electrons. The Bertz CT molecular complexity index is 953. The molecular formula is C22H23N3O3. The molecule has 0 fully saturated rings. The highest BCUT2D eigenvalue weighted by atomic mass is 16.5. The van der Waals surface area contributed by atoms with Crippen LogP contribution in [0.5, 0.6) is 11.5 Å². The van der Waals surface area contributed by atoms with Gasteiger partial charge < -0.3 is 14.4 Å². The number of carbonyl (C=O) groups is 1. The number of amides is 1. The summed E-state index contributed by atoms with van der Waals surface area (Å²) in [4.78, 5) is 14.5. The molecule has 1 amide bonds. The molecule has 0 bridgehead atoms. The first-order valence-electron chi connectivity index (χ1n) is 9.40. The van der Waals surface area contributed by atoms with Gasteiger partial charge in [0.1, 0.15) is 11.5 Å². The number of nitrogens with zero attached hydrogens (tertiary/aromatic N) is 3. The summed E-state index contributed by atoms with van der Waals surface area (Å²) in [6.45, 7) is 2.08. The molecule has 6 heteroatoms. The molecule has 0 saturated heterocycles. The normalized spacial score (nSPS) is 13.5. The summed E-state index contributed by atoms with van der Waals surface area (Å²) in [5, 5.41) is 4.74. The first-order valence-corrected chi connectivity index (χ1v) is 9.40. The van der Waals surface area contributed by atoms with E-state index in [0.717, 1.165) is 35.7 Å². The predicted molar refractivity (Wildman–Crippen MR) is 106 cm³/mol. The molecular weight excluding hydrogens is 354 g/mol. The SMILES string of the molecule is COc1cccc(-c2cc3n(n2)CCCN(C(=O)COc2ccccc2)C3)c1. The van der Waals surface area contributed by atoms with Crippen LogP contribution in [-0.4, -0.2) is 40.8 Å². The zero-order chi connectivity index (χ0) is 19.3. The Hall–Kier alpha value is -3.28. The highest BCUT2D eigenvalue weighted by molar-refractivity contribution is 5.77. The molecule has 0 atom stereocenters. The van der Waals surface area contributed by atoms with Crippen molar-refractivity contribution in [2.45, 2.75) is 19.5 Å². The second-order valence-corrected chi connectivity index (χ2v) is 6.75. The highest BCUT2D eigenvalue weighted by Gasteiger charge is 2.21. The smallest absolute Gasteiger partial charge is 0.260 e. The van der Waals surface area contributed by atoms with Gasteiger partial charge in [0.25, 0.3) is 5.91 Å². The third-order valence-corrected chi connectivity index (χ3v) is 4.84. The maximum atomic E-state index is 12.6. The molecule has 0 unspecified atom stereocenters. The monoisotopic (exact) mass is 377 g/mol. The lowest BCUT2D eigenvalue weighted by molar-refractivity contribution is -0.134. The number of fused-ring (bicyclic) bond motifs is 1. The maximum Gasteiger partial charge on any atom is 0.260 e. The van der Waals surface area contributed by atoms with Gasteiger partial charge in [-0.25, -0.2) is 0 Å². The molecule has 1 aliphatic heterocycles. The third kappa shape index (κ3) is 4.01. The van der Waals surface area contributed by atoms with Gasteiger partial charge in [0.2, 0.25) is 0 Å². The average Bonchev–Trinajstić information content (AvgIpc) is 3.04. The fourth-order valence-electron chi connectivity index (χ4n) is 3.35. The Morgan fingerprint density at radius 2 is 1.86 bits per heavy atom. The number of para-hydroxylation sites is 1. The number of aryl methyl sites for hydroxylation is 1. The van der Waals surface area contributed by atoms with Crippen LogP contribution in [0, 0.1) is 0 Å². The molecule has 0 radical (unpaired) electrons. The molecule has 1 aliphatic rings. The Morgan fingerprint density at radius 1 is 1.04 bits per heavy atom. The third-order valence-electron chi connectivity index (χ3n) is 4.84. The number of carbonyl (C=O) groups excluding carboxylic acids is 1. The first-order chi connectivity index (χ1) is 13.7. The quantitative estimate of drug-likeness (QED) is 0.684. The molecule has 1 aromatic heterocycles.